The van der Waals surface area contributed by atoms with Crippen LogP contribution in [0.2, 0.25) is 18.1 Å². The molecule has 22 heavy (non-hydrogen) atoms. The number of esters is 1. The van der Waals surface area contributed by atoms with Crippen molar-refractivity contribution in [3.05, 3.63) is 35.9 Å². The fraction of sp³-hybridized carbons (Fsp3) is 0.611. The number of benzene rings is 1. The van der Waals surface area contributed by atoms with Gasteiger partial charge in [0.1, 0.15) is 8.07 Å². The van der Waals surface area contributed by atoms with Gasteiger partial charge in [-0.3, -0.25) is 0 Å². The Morgan fingerprint density at radius 1 is 1.00 bits per heavy atom. The molecule has 122 valence electrons. The van der Waals surface area contributed by atoms with Crippen LogP contribution in [0.3, 0.4) is 0 Å². The Kier molecular flexibility index (Phi) is 4.83. The monoisotopic (exact) mass is 320 g/mol. The van der Waals surface area contributed by atoms with E-state index in [4.69, 9.17) is 9.47 Å². The summed E-state index contributed by atoms with van der Waals surface area (Å²) in [6.45, 7) is 10.3. The molecule has 1 aliphatic rings. The number of ether oxygens (including phenoxy) is 2. The number of carbonyl (C=O) groups excluding carboxylic acids is 1. The molecule has 1 aliphatic heterocycles. The van der Waals surface area contributed by atoms with Crippen molar-refractivity contribution < 1.29 is 14.3 Å². The molecular formula is C18H28O3Si. The van der Waals surface area contributed by atoms with Gasteiger partial charge in [-0.1, -0.05) is 69.2 Å². The van der Waals surface area contributed by atoms with Crippen LogP contribution in [0.5, 0.6) is 0 Å². The summed E-state index contributed by atoms with van der Waals surface area (Å²) in [7, 11) is -1.97. The summed E-state index contributed by atoms with van der Waals surface area (Å²) in [4.78, 5) is 12.9. The predicted octanol–water partition coefficient (Wildman–Crippen LogP) is 4.33. The molecule has 0 N–H and O–H groups in total. The molecule has 0 radical (unpaired) electrons. The zero-order valence-electron chi connectivity index (χ0n) is 14.4. The van der Waals surface area contributed by atoms with Crippen LogP contribution in [0, 0.1) is 0 Å². The van der Waals surface area contributed by atoms with Crippen molar-refractivity contribution in [2.45, 2.75) is 70.2 Å². The van der Waals surface area contributed by atoms with E-state index in [2.05, 4.69) is 32.9 Å². The molecule has 4 heteroatoms. The third-order valence-electron chi connectivity index (χ3n) is 5.27. The Morgan fingerprint density at radius 3 is 1.95 bits per heavy atom. The van der Waals surface area contributed by atoms with Crippen LogP contribution in [0.4, 0.5) is 0 Å². The third kappa shape index (κ3) is 2.74. The van der Waals surface area contributed by atoms with E-state index in [0.29, 0.717) is 6.42 Å². The lowest BCUT2D eigenvalue weighted by molar-refractivity contribution is -0.162. The van der Waals surface area contributed by atoms with Gasteiger partial charge in [-0.15, -0.1) is 0 Å². The van der Waals surface area contributed by atoms with Gasteiger partial charge in [0, 0.05) is 20.3 Å². The van der Waals surface area contributed by atoms with Gasteiger partial charge in [-0.25, -0.2) is 4.79 Å². The zero-order chi connectivity index (χ0) is 16.4. The van der Waals surface area contributed by atoms with E-state index < -0.39 is 19.1 Å². The van der Waals surface area contributed by atoms with Crippen molar-refractivity contribution in [2.75, 3.05) is 0 Å². The summed E-state index contributed by atoms with van der Waals surface area (Å²) in [6.07, 6.45) is 0.623. The largest absolute Gasteiger partial charge is 0.432 e. The first-order valence-electron chi connectivity index (χ1n) is 8.32. The molecule has 1 saturated heterocycles. The molecule has 1 fully saturated rings. The molecule has 0 bridgehead atoms. The minimum atomic E-state index is -1.97. The summed E-state index contributed by atoms with van der Waals surface area (Å²) in [5, 5.41) is -0.768. The average Bonchev–Trinajstić information content (AvgIpc) is 2.72. The molecule has 0 spiro atoms. The SMILES string of the molecule is CC[Si](CC)(CC)C1(Cc2ccccc2)OC(C)(C)OC1=O. The highest BCUT2D eigenvalue weighted by Crippen LogP contribution is 2.45. The number of cyclic esters (lactones) is 1. The zero-order valence-corrected chi connectivity index (χ0v) is 15.4. The van der Waals surface area contributed by atoms with Crippen LogP contribution in [0.15, 0.2) is 30.3 Å². The summed E-state index contributed by atoms with van der Waals surface area (Å²) in [5.74, 6) is -0.984. The highest BCUT2D eigenvalue weighted by molar-refractivity contribution is 6.85. The van der Waals surface area contributed by atoms with Gasteiger partial charge in [0.2, 0.25) is 5.79 Å². The van der Waals surface area contributed by atoms with E-state index in [1.165, 1.54) is 0 Å². The van der Waals surface area contributed by atoms with Gasteiger partial charge in [0.05, 0.1) is 0 Å². The first kappa shape index (κ1) is 17.2. The van der Waals surface area contributed by atoms with Crippen LogP contribution in [-0.2, 0) is 20.7 Å². The van der Waals surface area contributed by atoms with Crippen LogP contribution < -0.4 is 0 Å². The summed E-state index contributed by atoms with van der Waals surface area (Å²) in [5.41, 5.74) is 1.14. The minimum Gasteiger partial charge on any atom is -0.432 e. The molecule has 1 aromatic rings. The number of carbonyl (C=O) groups is 1. The molecule has 0 amide bonds. The Balaban J connectivity index is 2.52. The lowest BCUT2D eigenvalue weighted by atomic mass is 10.1. The second-order valence-electron chi connectivity index (χ2n) is 6.72. The maximum Gasteiger partial charge on any atom is 0.337 e. The maximum absolute atomic E-state index is 12.9. The Bertz CT molecular complexity index is 514. The van der Waals surface area contributed by atoms with Crippen molar-refractivity contribution in [3.8, 4) is 0 Å². The Hall–Kier alpha value is -1.13. The van der Waals surface area contributed by atoms with E-state index in [0.717, 1.165) is 23.7 Å². The smallest absolute Gasteiger partial charge is 0.337 e. The van der Waals surface area contributed by atoms with Gasteiger partial charge >= 0.3 is 5.97 Å². The van der Waals surface area contributed by atoms with E-state index >= 15 is 0 Å². The third-order valence-corrected chi connectivity index (χ3v) is 11.5. The Labute approximate surface area is 135 Å². The second kappa shape index (κ2) is 6.17. The standard InChI is InChI=1S/C18H28O3Si/c1-6-22(7-2,8-3)18(14-15-12-10-9-11-13-15)16(19)20-17(4,5)21-18/h9-13H,6-8,14H2,1-5H3. The highest BCUT2D eigenvalue weighted by atomic mass is 28.3. The quantitative estimate of drug-likeness (QED) is 0.578. The maximum atomic E-state index is 12.9. The lowest BCUT2D eigenvalue weighted by Crippen LogP contribution is -2.63. The van der Waals surface area contributed by atoms with E-state index in [9.17, 15) is 4.79 Å². The molecule has 1 heterocycles. The summed E-state index contributed by atoms with van der Waals surface area (Å²) in [6, 6.07) is 13.3. The van der Waals surface area contributed by atoms with Gasteiger partial charge in [0.25, 0.3) is 0 Å². The normalized spacial score (nSPS) is 24.3. The second-order valence-corrected chi connectivity index (χ2v) is 12.2. The van der Waals surface area contributed by atoms with Crippen molar-refractivity contribution >= 4 is 14.0 Å². The van der Waals surface area contributed by atoms with Crippen LogP contribution >= 0.6 is 0 Å². The van der Waals surface area contributed by atoms with Crippen molar-refractivity contribution in [1.29, 1.82) is 0 Å². The van der Waals surface area contributed by atoms with Crippen LogP contribution in [0.25, 0.3) is 0 Å². The molecule has 1 aromatic carbocycles. The van der Waals surface area contributed by atoms with Gasteiger partial charge < -0.3 is 9.47 Å². The molecule has 0 aliphatic carbocycles. The van der Waals surface area contributed by atoms with Crippen LogP contribution in [0.1, 0.15) is 40.2 Å². The molecule has 1 atom stereocenters. The average molecular weight is 321 g/mol. The molecule has 0 aromatic heterocycles. The molecular weight excluding hydrogens is 292 g/mol. The first-order valence-corrected chi connectivity index (χ1v) is 10.9. The van der Waals surface area contributed by atoms with Gasteiger partial charge in [-0.2, -0.15) is 0 Å². The Morgan fingerprint density at radius 2 is 1.55 bits per heavy atom. The number of hydrogen-bond donors (Lipinski definition) is 0. The first-order chi connectivity index (χ1) is 10.3. The van der Waals surface area contributed by atoms with E-state index in [1.807, 2.05) is 32.0 Å². The summed E-state index contributed by atoms with van der Waals surface area (Å²) >= 11 is 0. The van der Waals surface area contributed by atoms with Crippen molar-refractivity contribution in [2.24, 2.45) is 0 Å². The molecule has 1 unspecified atom stereocenters. The van der Waals surface area contributed by atoms with Gasteiger partial charge in [0.15, 0.2) is 5.22 Å². The summed E-state index contributed by atoms with van der Waals surface area (Å²) < 4.78 is 12.0. The van der Waals surface area contributed by atoms with E-state index in [-0.39, 0.29) is 5.97 Å². The minimum absolute atomic E-state index is 0.154. The van der Waals surface area contributed by atoms with Crippen molar-refractivity contribution in [1.82, 2.24) is 0 Å². The fourth-order valence-electron chi connectivity index (χ4n) is 3.90. The fourth-order valence-corrected chi connectivity index (χ4v) is 8.64. The number of rotatable bonds is 6. The van der Waals surface area contributed by atoms with Crippen LogP contribution in [-0.4, -0.2) is 25.1 Å². The number of hydrogen-bond acceptors (Lipinski definition) is 3. The molecule has 3 nitrogen and oxygen atoms in total. The molecule has 2 rings (SSSR count). The topological polar surface area (TPSA) is 35.5 Å². The predicted molar refractivity (Wildman–Crippen MR) is 91.3 cm³/mol. The lowest BCUT2D eigenvalue weighted by Gasteiger charge is -2.43. The highest BCUT2D eigenvalue weighted by Gasteiger charge is 2.64. The van der Waals surface area contributed by atoms with E-state index in [1.54, 1.807) is 0 Å². The van der Waals surface area contributed by atoms with Gasteiger partial charge in [-0.05, 0) is 5.56 Å². The molecule has 0 saturated carbocycles. The van der Waals surface area contributed by atoms with Crippen molar-refractivity contribution in [3.63, 3.8) is 0 Å².